The van der Waals surface area contributed by atoms with Crippen LogP contribution < -0.4 is 11.3 Å². The molecule has 0 aromatic rings. The van der Waals surface area contributed by atoms with Gasteiger partial charge >= 0.3 is 0 Å². The van der Waals surface area contributed by atoms with Gasteiger partial charge in [-0.05, 0) is 37.5 Å². The number of rotatable bonds is 3. The van der Waals surface area contributed by atoms with Gasteiger partial charge in [-0.3, -0.25) is 11.3 Å². The van der Waals surface area contributed by atoms with Gasteiger partial charge in [0.25, 0.3) is 0 Å². The molecule has 0 aromatic heterocycles. The predicted molar refractivity (Wildman–Crippen MR) is 70.4 cm³/mol. The molecular weight excluding hydrogens is 212 g/mol. The molecule has 1 aliphatic carbocycles. The molecule has 2 aliphatic rings. The van der Waals surface area contributed by atoms with Crippen LogP contribution in [0.3, 0.4) is 0 Å². The molecule has 1 spiro atoms. The molecule has 0 radical (unpaired) electrons. The Balaban J connectivity index is 2.00. The summed E-state index contributed by atoms with van der Waals surface area (Å²) in [6, 6.07) is 0.442. The molecule has 100 valence electrons. The van der Waals surface area contributed by atoms with Crippen molar-refractivity contribution in [2.75, 3.05) is 6.61 Å². The van der Waals surface area contributed by atoms with Gasteiger partial charge in [0.1, 0.15) is 0 Å². The van der Waals surface area contributed by atoms with Gasteiger partial charge in [-0.25, -0.2) is 0 Å². The van der Waals surface area contributed by atoms with E-state index < -0.39 is 0 Å². The molecule has 0 aromatic carbocycles. The molecule has 2 rings (SSSR count). The summed E-state index contributed by atoms with van der Waals surface area (Å²) in [4.78, 5) is 0. The average Bonchev–Trinajstić information content (AvgIpc) is 2.30. The van der Waals surface area contributed by atoms with Crippen LogP contribution in [-0.2, 0) is 4.74 Å². The van der Waals surface area contributed by atoms with Crippen molar-refractivity contribution in [3.63, 3.8) is 0 Å². The molecule has 1 saturated heterocycles. The molecule has 0 amide bonds. The van der Waals surface area contributed by atoms with Gasteiger partial charge in [0.15, 0.2) is 0 Å². The van der Waals surface area contributed by atoms with Gasteiger partial charge in [0, 0.05) is 12.6 Å². The van der Waals surface area contributed by atoms with Crippen molar-refractivity contribution >= 4 is 0 Å². The third-order valence-corrected chi connectivity index (χ3v) is 4.71. The van der Waals surface area contributed by atoms with E-state index in [1.165, 1.54) is 38.5 Å². The van der Waals surface area contributed by atoms with Crippen LogP contribution in [0.1, 0.15) is 58.8 Å². The lowest BCUT2D eigenvalue weighted by Crippen LogP contribution is -2.51. The van der Waals surface area contributed by atoms with Gasteiger partial charge in [0.2, 0.25) is 0 Å². The Labute approximate surface area is 105 Å². The van der Waals surface area contributed by atoms with E-state index in [2.05, 4.69) is 19.3 Å². The summed E-state index contributed by atoms with van der Waals surface area (Å²) in [5, 5.41) is 0. The van der Waals surface area contributed by atoms with E-state index in [0.29, 0.717) is 17.9 Å². The number of ether oxygens (including phenoxy) is 1. The highest BCUT2D eigenvalue weighted by molar-refractivity contribution is 4.93. The highest BCUT2D eigenvalue weighted by Crippen LogP contribution is 2.42. The molecule has 2 fully saturated rings. The molecule has 0 bridgehead atoms. The second-order valence-electron chi connectivity index (χ2n) is 6.28. The van der Waals surface area contributed by atoms with Crippen LogP contribution in [-0.4, -0.2) is 18.2 Å². The first-order valence-corrected chi connectivity index (χ1v) is 7.27. The second-order valence-corrected chi connectivity index (χ2v) is 6.28. The maximum Gasteiger partial charge on any atom is 0.0685 e. The molecule has 1 heterocycles. The topological polar surface area (TPSA) is 47.3 Å². The van der Waals surface area contributed by atoms with Gasteiger partial charge in [-0.2, -0.15) is 0 Å². The monoisotopic (exact) mass is 240 g/mol. The van der Waals surface area contributed by atoms with E-state index in [1.807, 2.05) is 0 Å². The number of hydrogen-bond acceptors (Lipinski definition) is 3. The summed E-state index contributed by atoms with van der Waals surface area (Å²) in [7, 11) is 0. The standard InChI is InChI=1S/C14H28N2O/c1-11(2)13(16-15)12-6-9-17-14(10-12)7-4-3-5-8-14/h11-13,16H,3-10,15H2,1-2H3. The predicted octanol–water partition coefficient (Wildman–Crippen LogP) is 2.60. The zero-order chi connectivity index (χ0) is 12.3. The number of nitrogens with two attached hydrogens (primary N) is 1. The molecule has 3 nitrogen and oxygen atoms in total. The van der Waals surface area contributed by atoms with Gasteiger partial charge in [0.05, 0.1) is 5.60 Å². The third kappa shape index (κ3) is 3.01. The van der Waals surface area contributed by atoms with Crippen molar-refractivity contribution in [3.05, 3.63) is 0 Å². The van der Waals surface area contributed by atoms with E-state index in [4.69, 9.17) is 10.6 Å². The smallest absolute Gasteiger partial charge is 0.0685 e. The Kier molecular flexibility index (Phi) is 4.45. The molecule has 3 N–H and O–H groups in total. The first-order chi connectivity index (χ1) is 8.17. The van der Waals surface area contributed by atoms with E-state index in [-0.39, 0.29) is 5.60 Å². The lowest BCUT2D eigenvalue weighted by atomic mass is 9.72. The Morgan fingerprint density at radius 1 is 1.24 bits per heavy atom. The second kappa shape index (κ2) is 5.68. The molecule has 2 unspecified atom stereocenters. The van der Waals surface area contributed by atoms with Crippen LogP contribution in [0.25, 0.3) is 0 Å². The number of hydrogen-bond donors (Lipinski definition) is 2. The van der Waals surface area contributed by atoms with Crippen LogP contribution in [0.2, 0.25) is 0 Å². The Hall–Kier alpha value is -0.120. The molecule has 3 heteroatoms. The number of hydrazine groups is 1. The fourth-order valence-electron chi connectivity index (χ4n) is 3.79. The van der Waals surface area contributed by atoms with Crippen molar-refractivity contribution in [2.24, 2.45) is 17.7 Å². The average molecular weight is 240 g/mol. The number of nitrogens with one attached hydrogen (secondary N) is 1. The fraction of sp³-hybridized carbons (Fsp3) is 1.00. The lowest BCUT2D eigenvalue weighted by molar-refractivity contribution is -0.123. The summed E-state index contributed by atoms with van der Waals surface area (Å²) in [6.07, 6.45) is 8.97. The Bertz CT molecular complexity index is 231. The largest absolute Gasteiger partial charge is 0.375 e. The van der Waals surface area contributed by atoms with Crippen molar-refractivity contribution in [1.29, 1.82) is 0 Å². The van der Waals surface area contributed by atoms with Gasteiger partial charge in [-0.15, -0.1) is 0 Å². The minimum absolute atomic E-state index is 0.200. The summed E-state index contributed by atoms with van der Waals surface area (Å²) in [6.45, 7) is 5.44. The zero-order valence-electron chi connectivity index (χ0n) is 11.4. The first kappa shape index (κ1) is 13.3. The molecule has 17 heavy (non-hydrogen) atoms. The van der Waals surface area contributed by atoms with Crippen molar-refractivity contribution in [2.45, 2.75) is 70.4 Å². The van der Waals surface area contributed by atoms with Crippen LogP contribution in [0.5, 0.6) is 0 Å². The molecule has 2 atom stereocenters. The maximum absolute atomic E-state index is 6.14. The quantitative estimate of drug-likeness (QED) is 0.589. The maximum atomic E-state index is 6.14. The van der Waals surface area contributed by atoms with Crippen molar-refractivity contribution < 1.29 is 4.74 Å². The van der Waals surface area contributed by atoms with E-state index in [0.717, 1.165) is 13.0 Å². The highest BCUT2D eigenvalue weighted by atomic mass is 16.5. The molecule has 1 saturated carbocycles. The van der Waals surface area contributed by atoms with E-state index >= 15 is 0 Å². The van der Waals surface area contributed by atoms with Crippen LogP contribution in [0.15, 0.2) is 0 Å². The Morgan fingerprint density at radius 3 is 2.53 bits per heavy atom. The van der Waals surface area contributed by atoms with Gasteiger partial charge in [-0.1, -0.05) is 33.1 Å². The fourth-order valence-corrected chi connectivity index (χ4v) is 3.79. The SMILES string of the molecule is CC(C)C(NN)C1CCOC2(CCCCC2)C1. The van der Waals surface area contributed by atoms with Crippen molar-refractivity contribution in [3.8, 4) is 0 Å². The van der Waals surface area contributed by atoms with Crippen LogP contribution >= 0.6 is 0 Å². The van der Waals surface area contributed by atoms with E-state index in [9.17, 15) is 0 Å². The van der Waals surface area contributed by atoms with Gasteiger partial charge < -0.3 is 4.74 Å². The van der Waals surface area contributed by atoms with E-state index in [1.54, 1.807) is 0 Å². The third-order valence-electron chi connectivity index (χ3n) is 4.71. The summed E-state index contributed by atoms with van der Waals surface area (Å²) >= 11 is 0. The molecule has 1 aliphatic heterocycles. The minimum atomic E-state index is 0.200. The zero-order valence-corrected chi connectivity index (χ0v) is 11.4. The van der Waals surface area contributed by atoms with Crippen LogP contribution in [0, 0.1) is 11.8 Å². The normalized spacial score (nSPS) is 30.7. The summed E-state index contributed by atoms with van der Waals surface area (Å²) in [5.41, 5.74) is 3.24. The first-order valence-electron chi connectivity index (χ1n) is 7.27. The van der Waals surface area contributed by atoms with Crippen molar-refractivity contribution in [1.82, 2.24) is 5.43 Å². The highest BCUT2D eigenvalue weighted by Gasteiger charge is 2.41. The summed E-state index contributed by atoms with van der Waals surface area (Å²) in [5.74, 6) is 7.02. The minimum Gasteiger partial charge on any atom is -0.375 e. The molecular formula is C14H28N2O. The van der Waals surface area contributed by atoms with Crippen LogP contribution in [0.4, 0.5) is 0 Å². The lowest BCUT2D eigenvalue weighted by Gasteiger charge is -2.46. The summed E-state index contributed by atoms with van der Waals surface area (Å²) < 4.78 is 6.14. The Morgan fingerprint density at radius 2 is 1.94 bits per heavy atom.